The zero-order chi connectivity index (χ0) is 19.1. The van der Waals surface area contributed by atoms with E-state index in [1.165, 1.54) is 29.2 Å². The number of benzene rings is 2. The fraction of sp³-hybridized carbons (Fsp3) is 0.263. The molecule has 0 heterocycles. The first-order valence-corrected chi connectivity index (χ1v) is 8.21. The Balaban J connectivity index is 2.08. The van der Waals surface area contributed by atoms with Gasteiger partial charge in [-0.1, -0.05) is 12.1 Å². The van der Waals surface area contributed by atoms with Gasteiger partial charge in [-0.15, -0.1) is 0 Å². The molecule has 2 rings (SSSR count). The molecule has 1 N–H and O–H groups in total. The summed E-state index contributed by atoms with van der Waals surface area (Å²) in [6.07, 6.45) is -1.50. The monoisotopic (exact) mass is 360 g/mol. The maximum Gasteiger partial charge on any atom is 0.419 e. The Bertz CT molecular complexity index is 780. The van der Waals surface area contributed by atoms with E-state index in [4.69, 9.17) is 9.47 Å². The molecule has 7 heteroatoms. The molecule has 0 saturated carbocycles. The van der Waals surface area contributed by atoms with E-state index in [2.05, 4.69) is 5.32 Å². The number of halogens is 1. The third-order valence-electron chi connectivity index (χ3n) is 3.28. The largest absolute Gasteiger partial charge is 0.447 e. The van der Waals surface area contributed by atoms with Crippen molar-refractivity contribution in [1.82, 2.24) is 0 Å². The Morgan fingerprint density at radius 3 is 2.54 bits per heavy atom. The Morgan fingerprint density at radius 1 is 1.15 bits per heavy atom. The Kier molecular flexibility index (Phi) is 6.54. The van der Waals surface area contributed by atoms with Crippen LogP contribution in [0.2, 0.25) is 0 Å². The van der Waals surface area contributed by atoms with E-state index in [0.717, 1.165) is 0 Å². The number of hydrogen-bond donors (Lipinski definition) is 1. The third kappa shape index (κ3) is 5.47. The molecule has 0 atom stereocenters. The van der Waals surface area contributed by atoms with Gasteiger partial charge in [0.25, 0.3) is 0 Å². The quantitative estimate of drug-likeness (QED) is 0.831. The van der Waals surface area contributed by atoms with Crippen molar-refractivity contribution in [2.24, 2.45) is 0 Å². The highest BCUT2D eigenvalue weighted by molar-refractivity contribution is 5.89. The van der Waals surface area contributed by atoms with Crippen LogP contribution in [0.25, 0.3) is 0 Å². The molecule has 138 valence electrons. The lowest BCUT2D eigenvalue weighted by Crippen LogP contribution is -2.33. The second-order valence-corrected chi connectivity index (χ2v) is 5.70. The van der Waals surface area contributed by atoms with Crippen LogP contribution in [0.1, 0.15) is 20.8 Å². The zero-order valence-electron chi connectivity index (χ0n) is 14.9. The predicted octanol–water partition coefficient (Wildman–Crippen LogP) is 4.81. The molecule has 0 aliphatic rings. The van der Waals surface area contributed by atoms with Gasteiger partial charge in [-0.2, -0.15) is 0 Å². The molecule has 2 amide bonds. The zero-order valence-corrected chi connectivity index (χ0v) is 14.9. The molecule has 0 aromatic heterocycles. The summed E-state index contributed by atoms with van der Waals surface area (Å²) in [7, 11) is 0. The van der Waals surface area contributed by atoms with Gasteiger partial charge in [0, 0.05) is 24.0 Å². The fourth-order valence-electron chi connectivity index (χ4n) is 2.22. The van der Waals surface area contributed by atoms with E-state index in [0.29, 0.717) is 17.9 Å². The van der Waals surface area contributed by atoms with Gasteiger partial charge in [-0.3, -0.25) is 10.2 Å². The second kappa shape index (κ2) is 8.84. The van der Waals surface area contributed by atoms with Crippen molar-refractivity contribution in [3.63, 3.8) is 0 Å². The second-order valence-electron chi connectivity index (χ2n) is 5.70. The number of carbonyl (C=O) groups excluding carboxylic acids is 2. The van der Waals surface area contributed by atoms with E-state index in [-0.39, 0.29) is 11.9 Å². The van der Waals surface area contributed by atoms with E-state index in [1.807, 2.05) is 0 Å². The molecule has 6 nitrogen and oxygen atoms in total. The standard InChI is InChI=1S/C19H21FN2O4/c1-4-22(16-9-5-7-14(20)11-16)19(24)26-17-10-6-8-15(12-17)21-18(23)25-13(2)3/h5-13H,4H2,1-3H3,(H,21,23). The van der Waals surface area contributed by atoms with Crippen LogP contribution in [0.15, 0.2) is 48.5 Å². The summed E-state index contributed by atoms with van der Waals surface area (Å²) in [4.78, 5) is 25.3. The first-order chi connectivity index (χ1) is 12.4. The smallest absolute Gasteiger partial charge is 0.419 e. The average molecular weight is 360 g/mol. The first kappa shape index (κ1) is 19.2. The summed E-state index contributed by atoms with van der Waals surface area (Å²) in [6, 6.07) is 12.0. The van der Waals surface area contributed by atoms with Crippen LogP contribution in [0.3, 0.4) is 0 Å². The molecule has 2 aromatic carbocycles. The third-order valence-corrected chi connectivity index (χ3v) is 3.28. The number of nitrogens with zero attached hydrogens (tertiary/aromatic N) is 1. The van der Waals surface area contributed by atoms with Gasteiger partial charge in [0.05, 0.1) is 6.10 Å². The van der Waals surface area contributed by atoms with Crippen molar-refractivity contribution in [3.05, 3.63) is 54.3 Å². The molecule has 0 aliphatic heterocycles. The number of nitrogens with one attached hydrogen (secondary N) is 1. The average Bonchev–Trinajstić information content (AvgIpc) is 2.55. The Morgan fingerprint density at radius 2 is 1.88 bits per heavy atom. The molecule has 0 unspecified atom stereocenters. The molecule has 0 bridgehead atoms. The van der Waals surface area contributed by atoms with Gasteiger partial charge in [0.2, 0.25) is 0 Å². The van der Waals surface area contributed by atoms with Crippen molar-refractivity contribution in [2.45, 2.75) is 26.9 Å². The van der Waals surface area contributed by atoms with Crippen LogP contribution in [0.4, 0.5) is 25.4 Å². The lowest BCUT2D eigenvalue weighted by molar-refractivity contribution is 0.130. The summed E-state index contributed by atoms with van der Waals surface area (Å²) >= 11 is 0. The van der Waals surface area contributed by atoms with Crippen LogP contribution in [-0.2, 0) is 4.74 Å². The number of hydrogen-bond acceptors (Lipinski definition) is 4. The number of rotatable bonds is 5. The minimum atomic E-state index is -0.653. The molecule has 26 heavy (non-hydrogen) atoms. The minimum absolute atomic E-state index is 0.243. The molecule has 0 aliphatic carbocycles. The number of amides is 2. The highest BCUT2D eigenvalue weighted by atomic mass is 19.1. The predicted molar refractivity (Wildman–Crippen MR) is 97.1 cm³/mol. The van der Waals surface area contributed by atoms with Crippen molar-refractivity contribution >= 4 is 23.6 Å². The number of ether oxygens (including phenoxy) is 2. The van der Waals surface area contributed by atoms with Gasteiger partial charge in [0.15, 0.2) is 0 Å². The van der Waals surface area contributed by atoms with E-state index >= 15 is 0 Å². The summed E-state index contributed by atoms with van der Waals surface area (Å²) in [5.74, 6) is -0.198. The van der Waals surface area contributed by atoms with Gasteiger partial charge in [0.1, 0.15) is 11.6 Å². The van der Waals surface area contributed by atoms with Crippen LogP contribution in [0.5, 0.6) is 5.75 Å². The van der Waals surface area contributed by atoms with Crippen LogP contribution < -0.4 is 15.0 Å². The molecule has 0 radical (unpaired) electrons. The van der Waals surface area contributed by atoms with Crippen molar-refractivity contribution in [1.29, 1.82) is 0 Å². The number of carbonyl (C=O) groups is 2. The van der Waals surface area contributed by atoms with E-state index in [9.17, 15) is 14.0 Å². The maximum absolute atomic E-state index is 13.4. The van der Waals surface area contributed by atoms with Gasteiger partial charge in [-0.05, 0) is 51.1 Å². The molecular formula is C19H21FN2O4. The Hall–Kier alpha value is -3.09. The van der Waals surface area contributed by atoms with Crippen LogP contribution >= 0.6 is 0 Å². The lowest BCUT2D eigenvalue weighted by atomic mass is 10.3. The van der Waals surface area contributed by atoms with Gasteiger partial charge in [-0.25, -0.2) is 14.0 Å². The lowest BCUT2D eigenvalue weighted by Gasteiger charge is -2.20. The first-order valence-electron chi connectivity index (χ1n) is 8.21. The molecular weight excluding hydrogens is 339 g/mol. The van der Waals surface area contributed by atoms with Crippen LogP contribution in [0, 0.1) is 5.82 Å². The Labute approximate surface area is 151 Å². The highest BCUT2D eigenvalue weighted by Gasteiger charge is 2.17. The summed E-state index contributed by atoms with van der Waals surface area (Å²) in [5.41, 5.74) is 0.821. The van der Waals surface area contributed by atoms with Crippen molar-refractivity contribution in [2.75, 3.05) is 16.8 Å². The topological polar surface area (TPSA) is 67.9 Å². The highest BCUT2D eigenvalue weighted by Crippen LogP contribution is 2.21. The fourth-order valence-corrected chi connectivity index (χ4v) is 2.22. The minimum Gasteiger partial charge on any atom is -0.447 e. The maximum atomic E-state index is 13.4. The molecule has 0 fully saturated rings. The van der Waals surface area contributed by atoms with Gasteiger partial charge >= 0.3 is 12.2 Å². The van der Waals surface area contributed by atoms with E-state index < -0.39 is 18.0 Å². The summed E-state index contributed by atoms with van der Waals surface area (Å²) in [5, 5.41) is 2.55. The number of anilines is 2. The SMILES string of the molecule is CCN(C(=O)Oc1cccc(NC(=O)OC(C)C)c1)c1cccc(F)c1. The van der Waals surface area contributed by atoms with Crippen LogP contribution in [-0.4, -0.2) is 24.8 Å². The molecule has 2 aromatic rings. The summed E-state index contributed by atoms with van der Waals surface area (Å²) < 4.78 is 23.7. The van der Waals surface area contributed by atoms with Crippen molar-refractivity contribution in [3.8, 4) is 5.75 Å². The van der Waals surface area contributed by atoms with Crippen molar-refractivity contribution < 1.29 is 23.5 Å². The molecule has 0 spiro atoms. The van der Waals surface area contributed by atoms with E-state index in [1.54, 1.807) is 45.0 Å². The molecule has 0 saturated heterocycles. The normalized spacial score (nSPS) is 10.3. The summed E-state index contributed by atoms with van der Waals surface area (Å²) in [6.45, 7) is 5.54. The van der Waals surface area contributed by atoms with Gasteiger partial charge < -0.3 is 9.47 Å².